The van der Waals surface area contributed by atoms with Crippen molar-refractivity contribution in [3.05, 3.63) is 33.9 Å². The molecule has 6 nitrogen and oxygen atoms in total. The first-order chi connectivity index (χ1) is 8.65. The predicted octanol–water partition coefficient (Wildman–Crippen LogP) is 1.83. The van der Waals surface area contributed by atoms with Crippen LogP contribution in [0, 0.1) is 10.1 Å². The van der Waals surface area contributed by atoms with Crippen molar-refractivity contribution in [3.8, 4) is 0 Å². The van der Waals surface area contributed by atoms with E-state index in [1.807, 2.05) is 0 Å². The second kappa shape index (κ2) is 3.97. The van der Waals surface area contributed by atoms with Crippen LogP contribution in [-0.4, -0.2) is 23.5 Å². The summed E-state index contributed by atoms with van der Waals surface area (Å²) < 4.78 is 0. The summed E-state index contributed by atoms with van der Waals surface area (Å²) in [6, 6.07) is 4.85. The Morgan fingerprint density at radius 1 is 1.44 bits per heavy atom. The number of carbonyl (C=O) groups is 1. The van der Waals surface area contributed by atoms with E-state index in [4.69, 9.17) is 0 Å². The van der Waals surface area contributed by atoms with E-state index in [0.29, 0.717) is 18.3 Å². The van der Waals surface area contributed by atoms with Gasteiger partial charge < -0.3 is 5.32 Å². The molecule has 6 heteroatoms. The molecule has 1 fully saturated rings. The molecule has 0 atom stereocenters. The van der Waals surface area contributed by atoms with E-state index in [1.54, 1.807) is 11.0 Å². The largest absolute Gasteiger partial charge is 0.335 e. The lowest BCUT2D eigenvalue weighted by Gasteiger charge is -2.17. The molecular formula is C12H13N3O3. The maximum atomic E-state index is 12.0. The van der Waals surface area contributed by atoms with E-state index in [9.17, 15) is 14.9 Å². The molecule has 2 amide bonds. The number of nitro groups is 1. The van der Waals surface area contributed by atoms with E-state index in [1.165, 1.54) is 12.1 Å². The van der Waals surface area contributed by atoms with E-state index >= 15 is 0 Å². The highest BCUT2D eigenvalue weighted by Crippen LogP contribution is 2.32. The van der Waals surface area contributed by atoms with E-state index < -0.39 is 4.92 Å². The molecule has 0 unspecified atom stereocenters. The number of hydrogen-bond donors (Lipinski definition) is 1. The molecule has 18 heavy (non-hydrogen) atoms. The lowest BCUT2D eigenvalue weighted by atomic mass is 10.1. The fourth-order valence-electron chi connectivity index (χ4n) is 2.17. The minimum atomic E-state index is -0.435. The molecule has 0 saturated heterocycles. The van der Waals surface area contributed by atoms with Gasteiger partial charge in [0.1, 0.15) is 0 Å². The fraction of sp³-hybridized carbons (Fsp3) is 0.417. The lowest BCUT2D eigenvalue weighted by molar-refractivity contribution is -0.384. The molecule has 1 aromatic rings. The maximum absolute atomic E-state index is 12.0. The maximum Gasteiger partial charge on any atom is 0.322 e. The Morgan fingerprint density at radius 3 is 2.89 bits per heavy atom. The van der Waals surface area contributed by atoms with Gasteiger partial charge in [0.15, 0.2) is 0 Å². The minimum Gasteiger partial charge on any atom is -0.335 e. The molecule has 0 bridgehead atoms. The van der Waals surface area contributed by atoms with Gasteiger partial charge in [-0.3, -0.25) is 15.0 Å². The molecule has 0 spiro atoms. The summed E-state index contributed by atoms with van der Waals surface area (Å²) >= 11 is 0. The van der Waals surface area contributed by atoms with Gasteiger partial charge in [-0.05, 0) is 24.8 Å². The number of amides is 2. The molecule has 3 rings (SSSR count). The van der Waals surface area contributed by atoms with E-state index in [-0.39, 0.29) is 11.7 Å². The number of rotatable bonds is 2. The van der Waals surface area contributed by atoms with Gasteiger partial charge in [0, 0.05) is 24.7 Å². The highest BCUT2D eigenvalue weighted by atomic mass is 16.6. The van der Waals surface area contributed by atoms with Crippen LogP contribution in [0.2, 0.25) is 0 Å². The van der Waals surface area contributed by atoms with Crippen LogP contribution in [0.4, 0.5) is 16.2 Å². The number of anilines is 1. The third-order valence-electron chi connectivity index (χ3n) is 3.33. The van der Waals surface area contributed by atoms with Gasteiger partial charge in [-0.25, -0.2) is 4.79 Å². The van der Waals surface area contributed by atoms with Crippen molar-refractivity contribution < 1.29 is 9.72 Å². The van der Waals surface area contributed by atoms with Crippen LogP contribution in [0.5, 0.6) is 0 Å². The molecule has 0 aromatic heterocycles. The zero-order valence-electron chi connectivity index (χ0n) is 9.76. The third-order valence-corrected chi connectivity index (χ3v) is 3.33. The van der Waals surface area contributed by atoms with Gasteiger partial charge in [-0.15, -0.1) is 0 Å². The first kappa shape index (κ1) is 11.0. The van der Waals surface area contributed by atoms with Crippen LogP contribution in [0.1, 0.15) is 18.4 Å². The van der Waals surface area contributed by atoms with E-state index in [2.05, 4.69) is 5.32 Å². The summed E-state index contributed by atoms with van der Waals surface area (Å²) in [6.07, 6.45) is 2.81. The lowest BCUT2D eigenvalue weighted by Crippen LogP contribution is -2.40. The molecule has 94 valence electrons. The van der Waals surface area contributed by atoms with Crippen molar-refractivity contribution >= 4 is 17.4 Å². The molecule has 2 aliphatic rings. The summed E-state index contributed by atoms with van der Waals surface area (Å²) in [5.74, 6) is 0. The molecule has 1 aromatic carbocycles. The Bertz CT molecular complexity index is 525. The Morgan fingerprint density at radius 2 is 2.22 bits per heavy atom. The zero-order chi connectivity index (χ0) is 12.7. The van der Waals surface area contributed by atoms with Gasteiger partial charge in [0.2, 0.25) is 0 Å². The van der Waals surface area contributed by atoms with Crippen molar-refractivity contribution in [3.63, 3.8) is 0 Å². The quantitative estimate of drug-likeness (QED) is 0.639. The summed E-state index contributed by atoms with van der Waals surface area (Å²) in [5, 5.41) is 13.7. The van der Waals surface area contributed by atoms with E-state index in [0.717, 1.165) is 24.8 Å². The summed E-state index contributed by atoms with van der Waals surface area (Å²) in [4.78, 5) is 23.9. The number of carbonyl (C=O) groups excluding carboxylic acids is 1. The van der Waals surface area contributed by atoms with Crippen molar-refractivity contribution in [2.75, 3.05) is 11.4 Å². The van der Waals surface area contributed by atoms with Crippen LogP contribution >= 0.6 is 0 Å². The minimum absolute atomic E-state index is 0.0277. The molecule has 0 radical (unpaired) electrons. The van der Waals surface area contributed by atoms with Crippen molar-refractivity contribution in [2.45, 2.75) is 25.3 Å². The molecule has 1 heterocycles. The molecular weight excluding hydrogens is 234 g/mol. The monoisotopic (exact) mass is 247 g/mol. The van der Waals surface area contributed by atoms with Gasteiger partial charge in [-0.2, -0.15) is 0 Å². The summed E-state index contributed by atoms with van der Waals surface area (Å²) in [6.45, 7) is 0.592. The topological polar surface area (TPSA) is 75.5 Å². The van der Waals surface area contributed by atoms with Gasteiger partial charge in [0.25, 0.3) is 5.69 Å². The molecule has 1 N–H and O–H groups in total. The number of benzene rings is 1. The Kier molecular flexibility index (Phi) is 2.43. The van der Waals surface area contributed by atoms with Crippen LogP contribution in [0.25, 0.3) is 0 Å². The van der Waals surface area contributed by atoms with Crippen molar-refractivity contribution in [1.29, 1.82) is 0 Å². The summed E-state index contributed by atoms with van der Waals surface area (Å²) in [7, 11) is 0. The SMILES string of the molecule is O=C(NC1CC1)N1CCc2ccc([N+](=O)[O-])cc21. The second-order valence-corrected chi connectivity index (χ2v) is 4.70. The van der Waals surface area contributed by atoms with Crippen LogP contribution in [0.15, 0.2) is 18.2 Å². The fourth-order valence-corrected chi connectivity index (χ4v) is 2.17. The number of nitrogens with zero attached hydrogens (tertiary/aromatic N) is 2. The van der Waals surface area contributed by atoms with Crippen molar-refractivity contribution in [1.82, 2.24) is 5.32 Å². The smallest absolute Gasteiger partial charge is 0.322 e. The summed E-state index contributed by atoms with van der Waals surface area (Å²) in [5.41, 5.74) is 1.69. The van der Waals surface area contributed by atoms with Gasteiger partial charge >= 0.3 is 6.03 Å². The first-order valence-electron chi connectivity index (χ1n) is 6.00. The number of hydrogen-bond acceptors (Lipinski definition) is 3. The van der Waals surface area contributed by atoms with Crippen LogP contribution in [-0.2, 0) is 6.42 Å². The standard InChI is InChI=1S/C12H13N3O3/c16-12(13-9-2-3-9)14-6-5-8-1-4-10(15(17)18)7-11(8)14/h1,4,7,9H,2-3,5-6H2,(H,13,16). The molecule has 1 aliphatic heterocycles. The Balaban J connectivity index is 1.86. The Labute approximate surface area is 104 Å². The van der Waals surface area contributed by atoms with Crippen LogP contribution < -0.4 is 10.2 Å². The van der Waals surface area contributed by atoms with Gasteiger partial charge in [0.05, 0.1) is 10.6 Å². The number of nitrogens with one attached hydrogen (secondary N) is 1. The number of urea groups is 1. The highest BCUT2D eigenvalue weighted by molar-refractivity contribution is 5.95. The zero-order valence-corrected chi connectivity index (χ0v) is 9.76. The van der Waals surface area contributed by atoms with Crippen LogP contribution in [0.3, 0.4) is 0 Å². The molecule has 1 aliphatic carbocycles. The number of fused-ring (bicyclic) bond motifs is 1. The predicted molar refractivity (Wildman–Crippen MR) is 65.7 cm³/mol. The average Bonchev–Trinajstić information content (AvgIpc) is 3.05. The van der Waals surface area contributed by atoms with Crippen molar-refractivity contribution in [2.24, 2.45) is 0 Å². The third kappa shape index (κ3) is 1.90. The number of nitro benzene ring substituents is 1. The average molecular weight is 247 g/mol. The Hall–Kier alpha value is -2.11. The second-order valence-electron chi connectivity index (χ2n) is 4.70. The van der Waals surface area contributed by atoms with Gasteiger partial charge in [-0.1, -0.05) is 6.07 Å². The number of non-ortho nitro benzene ring substituents is 1. The normalized spacial score (nSPS) is 17.4. The first-order valence-corrected chi connectivity index (χ1v) is 6.00. The highest BCUT2D eigenvalue weighted by Gasteiger charge is 2.30. The molecule has 1 saturated carbocycles.